The van der Waals surface area contributed by atoms with Gasteiger partial charge in [0, 0.05) is 12.6 Å². The molecule has 20 heavy (non-hydrogen) atoms. The summed E-state index contributed by atoms with van der Waals surface area (Å²) in [5.74, 6) is 0.815. The summed E-state index contributed by atoms with van der Waals surface area (Å²) in [6.07, 6.45) is 6.04. The molecule has 0 spiro atoms. The van der Waals surface area contributed by atoms with Gasteiger partial charge < -0.3 is 9.64 Å². The number of amides is 1. The van der Waals surface area contributed by atoms with E-state index in [1.165, 1.54) is 19.3 Å². The third kappa shape index (κ3) is 3.98. The highest BCUT2D eigenvalue weighted by atomic mass is 79.9. The van der Waals surface area contributed by atoms with Crippen LogP contribution >= 0.6 is 15.9 Å². The molecule has 0 aromatic heterocycles. The standard InChI is InChI=1S/C16H22BrNO2/c1-2-18(13-8-4-3-5-9-13)16(19)12-20-15-11-7-6-10-14(15)17/h6-7,10-11,13H,2-5,8-9,12H2,1H3. The van der Waals surface area contributed by atoms with Crippen LogP contribution in [-0.4, -0.2) is 30.0 Å². The molecule has 0 aliphatic heterocycles. The van der Waals surface area contributed by atoms with Crippen molar-refractivity contribution in [3.63, 3.8) is 0 Å². The number of ether oxygens (including phenoxy) is 1. The van der Waals surface area contributed by atoms with Gasteiger partial charge in [-0.25, -0.2) is 0 Å². The lowest BCUT2D eigenvalue weighted by Crippen LogP contribution is -2.43. The predicted molar refractivity (Wildman–Crippen MR) is 83.9 cm³/mol. The van der Waals surface area contributed by atoms with Crippen LogP contribution in [0.15, 0.2) is 28.7 Å². The van der Waals surface area contributed by atoms with Gasteiger partial charge in [0.05, 0.1) is 4.47 Å². The second-order valence-electron chi connectivity index (χ2n) is 5.19. The van der Waals surface area contributed by atoms with Crippen LogP contribution in [0.3, 0.4) is 0 Å². The van der Waals surface area contributed by atoms with Gasteiger partial charge in [-0.3, -0.25) is 4.79 Å². The molecular formula is C16H22BrNO2. The molecule has 1 aliphatic carbocycles. The van der Waals surface area contributed by atoms with Crippen molar-refractivity contribution >= 4 is 21.8 Å². The Morgan fingerprint density at radius 1 is 1.30 bits per heavy atom. The van der Waals surface area contributed by atoms with Crippen molar-refractivity contribution in [2.45, 2.75) is 45.1 Å². The lowest BCUT2D eigenvalue weighted by molar-refractivity contribution is -0.136. The van der Waals surface area contributed by atoms with E-state index in [0.717, 1.165) is 29.6 Å². The monoisotopic (exact) mass is 339 g/mol. The fourth-order valence-electron chi connectivity index (χ4n) is 2.82. The van der Waals surface area contributed by atoms with Crippen LogP contribution in [0.5, 0.6) is 5.75 Å². The van der Waals surface area contributed by atoms with Gasteiger partial charge in [0.25, 0.3) is 5.91 Å². The molecule has 0 bridgehead atoms. The Morgan fingerprint density at radius 3 is 2.65 bits per heavy atom. The minimum absolute atomic E-state index is 0.0927. The molecule has 0 saturated heterocycles. The molecule has 1 amide bonds. The number of halogens is 1. The highest BCUT2D eigenvalue weighted by Crippen LogP contribution is 2.25. The Bertz CT molecular complexity index is 444. The summed E-state index contributed by atoms with van der Waals surface area (Å²) < 4.78 is 6.52. The van der Waals surface area contributed by atoms with Gasteiger partial charge in [-0.05, 0) is 47.8 Å². The van der Waals surface area contributed by atoms with Crippen LogP contribution in [0.1, 0.15) is 39.0 Å². The lowest BCUT2D eigenvalue weighted by atomic mass is 9.94. The van der Waals surface area contributed by atoms with E-state index in [2.05, 4.69) is 15.9 Å². The molecule has 3 nitrogen and oxygen atoms in total. The second kappa shape index (κ2) is 7.67. The zero-order valence-corrected chi connectivity index (χ0v) is 13.6. The first-order chi connectivity index (χ1) is 9.72. The highest BCUT2D eigenvalue weighted by molar-refractivity contribution is 9.10. The average Bonchev–Trinajstić information content (AvgIpc) is 2.48. The molecule has 0 unspecified atom stereocenters. The Labute approximate surface area is 129 Å². The van der Waals surface area contributed by atoms with E-state index in [1.54, 1.807) is 0 Å². The van der Waals surface area contributed by atoms with E-state index in [0.29, 0.717) is 6.04 Å². The number of carbonyl (C=O) groups excluding carboxylic acids is 1. The third-order valence-corrected chi connectivity index (χ3v) is 4.52. The SMILES string of the molecule is CCN(C(=O)COc1ccccc1Br)C1CCCCC1. The molecule has 1 fully saturated rings. The summed E-state index contributed by atoms with van der Waals surface area (Å²) in [6, 6.07) is 8.03. The van der Waals surface area contributed by atoms with Crippen molar-refractivity contribution in [3.05, 3.63) is 28.7 Å². The first-order valence-corrected chi connectivity index (χ1v) is 8.18. The summed E-state index contributed by atoms with van der Waals surface area (Å²) in [5, 5.41) is 0. The maximum atomic E-state index is 12.3. The van der Waals surface area contributed by atoms with Crippen molar-refractivity contribution in [1.82, 2.24) is 4.90 Å². The Kier molecular flexibility index (Phi) is 5.89. The number of hydrogen-bond donors (Lipinski definition) is 0. The van der Waals surface area contributed by atoms with Crippen molar-refractivity contribution in [1.29, 1.82) is 0 Å². The summed E-state index contributed by atoms with van der Waals surface area (Å²) in [7, 11) is 0. The van der Waals surface area contributed by atoms with Crippen LogP contribution in [-0.2, 0) is 4.79 Å². The Balaban J connectivity index is 1.90. The van der Waals surface area contributed by atoms with Crippen molar-refractivity contribution in [2.24, 2.45) is 0 Å². The number of hydrogen-bond acceptors (Lipinski definition) is 2. The summed E-state index contributed by atoms with van der Waals surface area (Å²) in [5.41, 5.74) is 0. The molecule has 1 aromatic carbocycles. The van der Waals surface area contributed by atoms with E-state index in [1.807, 2.05) is 36.1 Å². The van der Waals surface area contributed by atoms with Gasteiger partial charge >= 0.3 is 0 Å². The minimum Gasteiger partial charge on any atom is -0.483 e. The minimum atomic E-state index is 0.0927. The van der Waals surface area contributed by atoms with E-state index >= 15 is 0 Å². The number of carbonyl (C=O) groups is 1. The van der Waals surface area contributed by atoms with Gasteiger partial charge in [-0.15, -0.1) is 0 Å². The molecule has 4 heteroatoms. The van der Waals surface area contributed by atoms with Crippen LogP contribution in [0.2, 0.25) is 0 Å². The van der Waals surface area contributed by atoms with Gasteiger partial charge in [0.2, 0.25) is 0 Å². The van der Waals surface area contributed by atoms with Gasteiger partial charge in [0.15, 0.2) is 6.61 Å². The van der Waals surface area contributed by atoms with Gasteiger partial charge in [-0.2, -0.15) is 0 Å². The van der Waals surface area contributed by atoms with Crippen LogP contribution < -0.4 is 4.74 Å². The van der Waals surface area contributed by atoms with Gasteiger partial charge in [-0.1, -0.05) is 31.4 Å². The summed E-state index contributed by atoms with van der Waals surface area (Å²) in [4.78, 5) is 14.3. The number of rotatable bonds is 5. The van der Waals surface area contributed by atoms with E-state index in [-0.39, 0.29) is 12.5 Å². The summed E-state index contributed by atoms with van der Waals surface area (Å²) in [6.45, 7) is 2.93. The molecule has 1 saturated carbocycles. The second-order valence-corrected chi connectivity index (χ2v) is 6.05. The number of para-hydroxylation sites is 1. The molecule has 0 atom stereocenters. The number of likely N-dealkylation sites (N-methyl/N-ethyl adjacent to an activating group) is 1. The van der Waals surface area contributed by atoms with Crippen molar-refractivity contribution in [3.8, 4) is 5.75 Å². The maximum Gasteiger partial charge on any atom is 0.260 e. The van der Waals surface area contributed by atoms with E-state index < -0.39 is 0 Å². The average molecular weight is 340 g/mol. The molecular weight excluding hydrogens is 318 g/mol. The maximum absolute atomic E-state index is 12.3. The highest BCUT2D eigenvalue weighted by Gasteiger charge is 2.24. The third-order valence-electron chi connectivity index (χ3n) is 3.86. The molecule has 0 heterocycles. The molecule has 0 N–H and O–H groups in total. The number of benzene rings is 1. The Hall–Kier alpha value is -1.03. The van der Waals surface area contributed by atoms with Crippen molar-refractivity contribution < 1.29 is 9.53 Å². The Morgan fingerprint density at radius 2 is 2.00 bits per heavy atom. The number of nitrogens with zero attached hydrogens (tertiary/aromatic N) is 1. The topological polar surface area (TPSA) is 29.5 Å². The largest absolute Gasteiger partial charge is 0.483 e. The summed E-state index contributed by atoms with van der Waals surface area (Å²) >= 11 is 3.43. The van der Waals surface area contributed by atoms with E-state index in [9.17, 15) is 4.79 Å². The molecule has 0 radical (unpaired) electrons. The van der Waals surface area contributed by atoms with Gasteiger partial charge in [0.1, 0.15) is 5.75 Å². The molecule has 1 aromatic rings. The molecule has 2 rings (SSSR count). The zero-order valence-electron chi connectivity index (χ0n) is 12.0. The van der Waals surface area contributed by atoms with Crippen LogP contribution in [0.25, 0.3) is 0 Å². The fraction of sp³-hybridized carbons (Fsp3) is 0.562. The normalized spacial score (nSPS) is 15.9. The first kappa shape index (κ1) is 15.4. The zero-order chi connectivity index (χ0) is 14.4. The fourth-order valence-corrected chi connectivity index (χ4v) is 3.21. The first-order valence-electron chi connectivity index (χ1n) is 7.39. The molecule has 110 valence electrons. The van der Waals surface area contributed by atoms with Crippen LogP contribution in [0.4, 0.5) is 0 Å². The predicted octanol–water partition coefficient (Wildman–Crippen LogP) is 4.01. The van der Waals surface area contributed by atoms with E-state index in [4.69, 9.17) is 4.74 Å². The van der Waals surface area contributed by atoms with Crippen molar-refractivity contribution in [2.75, 3.05) is 13.2 Å². The van der Waals surface area contributed by atoms with Crippen LogP contribution in [0, 0.1) is 0 Å². The molecule has 1 aliphatic rings. The smallest absolute Gasteiger partial charge is 0.260 e. The quantitative estimate of drug-likeness (QED) is 0.811. The lowest BCUT2D eigenvalue weighted by Gasteiger charge is -2.33.